The maximum Gasteiger partial charge on any atom is 0.287 e. The minimum atomic E-state index is -0.118. The van der Waals surface area contributed by atoms with Gasteiger partial charge in [-0.25, -0.2) is 4.98 Å². The molecule has 1 aliphatic rings. The molecule has 0 aliphatic heterocycles. The molecule has 0 saturated heterocycles. The third kappa shape index (κ3) is 2.61. The van der Waals surface area contributed by atoms with Gasteiger partial charge in [-0.3, -0.25) is 4.79 Å². The Kier molecular flexibility index (Phi) is 3.58. The number of benzene rings is 1. The Morgan fingerprint density at radius 3 is 2.90 bits per heavy atom. The van der Waals surface area contributed by atoms with E-state index >= 15 is 0 Å². The van der Waals surface area contributed by atoms with Crippen LogP contribution < -0.4 is 10.1 Å². The highest BCUT2D eigenvalue weighted by Crippen LogP contribution is 2.20. The second-order valence-electron chi connectivity index (χ2n) is 5.28. The molecule has 3 rings (SSSR count). The van der Waals surface area contributed by atoms with Crippen LogP contribution >= 0.6 is 0 Å². The summed E-state index contributed by atoms with van der Waals surface area (Å²) >= 11 is 0. The van der Waals surface area contributed by atoms with E-state index in [1.54, 1.807) is 7.11 Å². The van der Waals surface area contributed by atoms with Crippen molar-refractivity contribution in [3.8, 4) is 5.75 Å². The van der Waals surface area contributed by atoms with Gasteiger partial charge < -0.3 is 15.0 Å². The summed E-state index contributed by atoms with van der Waals surface area (Å²) in [5.74, 6) is 0.995. The molecule has 0 unspecified atom stereocenters. The van der Waals surface area contributed by atoms with Gasteiger partial charge >= 0.3 is 0 Å². The van der Waals surface area contributed by atoms with E-state index in [-0.39, 0.29) is 5.91 Å². The number of nitrogens with one attached hydrogen (secondary N) is 2. The minimum absolute atomic E-state index is 0.118. The lowest BCUT2D eigenvalue weighted by atomic mass is 9.95. The van der Waals surface area contributed by atoms with Crippen molar-refractivity contribution >= 4 is 16.9 Å². The van der Waals surface area contributed by atoms with Gasteiger partial charge in [0.2, 0.25) is 0 Å². The number of amides is 1. The van der Waals surface area contributed by atoms with Crippen LogP contribution in [0, 0.1) is 0 Å². The van der Waals surface area contributed by atoms with E-state index in [4.69, 9.17) is 4.74 Å². The highest BCUT2D eigenvalue weighted by atomic mass is 16.5. The molecule has 2 N–H and O–H groups in total. The molecule has 2 aromatic rings. The van der Waals surface area contributed by atoms with Crippen molar-refractivity contribution < 1.29 is 9.53 Å². The van der Waals surface area contributed by atoms with E-state index in [1.165, 1.54) is 19.3 Å². The first-order valence-corrected chi connectivity index (χ1v) is 7.11. The molecule has 0 atom stereocenters. The molecular weight excluding hydrogens is 254 g/mol. The molecule has 1 amide bonds. The molecule has 0 radical (unpaired) electrons. The van der Waals surface area contributed by atoms with Crippen LogP contribution in [-0.4, -0.2) is 29.0 Å². The smallest absolute Gasteiger partial charge is 0.287 e. The number of methoxy groups -OCH3 is 1. The fraction of sp³-hybridized carbons (Fsp3) is 0.467. The zero-order valence-corrected chi connectivity index (χ0v) is 11.6. The Hall–Kier alpha value is -2.04. The lowest BCUT2D eigenvalue weighted by molar-refractivity contribution is 0.0918. The van der Waals surface area contributed by atoms with E-state index in [1.807, 2.05) is 18.2 Å². The summed E-state index contributed by atoms with van der Waals surface area (Å²) in [6, 6.07) is 5.84. The summed E-state index contributed by atoms with van der Waals surface area (Å²) in [6.45, 7) is 0. The first kappa shape index (κ1) is 13.0. The number of carbonyl (C=O) groups is 1. The topological polar surface area (TPSA) is 67.0 Å². The summed E-state index contributed by atoms with van der Waals surface area (Å²) in [7, 11) is 1.62. The molecule has 5 nitrogen and oxygen atoms in total. The largest absolute Gasteiger partial charge is 0.497 e. The molecule has 0 spiro atoms. The molecule has 1 heterocycles. The Morgan fingerprint density at radius 2 is 2.15 bits per heavy atom. The third-order valence-electron chi connectivity index (χ3n) is 3.85. The molecule has 5 heteroatoms. The van der Waals surface area contributed by atoms with Gasteiger partial charge in [-0.2, -0.15) is 0 Å². The van der Waals surface area contributed by atoms with E-state index in [9.17, 15) is 4.79 Å². The van der Waals surface area contributed by atoms with Gasteiger partial charge in [-0.05, 0) is 25.0 Å². The van der Waals surface area contributed by atoms with Crippen LogP contribution in [0.15, 0.2) is 18.2 Å². The number of aromatic nitrogens is 2. The number of imidazole rings is 1. The number of ether oxygens (including phenoxy) is 1. The molecule has 1 saturated carbocycles. The highest BCUT2D eigenvalue weighted by molar-refractivity contribution is 5.94. The van der Waals surface area contributed by atoms with Crippen LogP contribution in [0.5, 0.6) is 5.75 Å². The predicted molar refractivity (Wildman–Crippen MR) is 77.0 cm³/mol. The summed E-state index contributed by atoms with van der Waals surface area (Å²) < 4.78 is 5.16. The van der Waals surface area contributed by atoms with Gasteiger partial charge in [-0.15, -0.1) is 0 Å². The third-order valence-corrected chi connectivity index (χ3v) is 3.85. The van der Waals surface area contributed by atoms with Crippen molar-refractivity contribution in [2.45, 2.75) is 38.1 Å². The average Bonchev–Trinajstić information content (AvgIpc) is 2.91. The number of carbonyl (C=O) groups excluding carboxylic acids is 1. The van der Waals surface area contributed by atoms with Crippen molar-refractivity contribution in [1.82, 2.24) is 15.3 Å². The van der Waals surface area contributed by atoms with Gasteiger partial charge in [-0.1, -0.05) is 19.3 Å². The first-order valence-electron chi connectivity index (χ1n) is 7.11. The first-order chi connectivity index (χ1) is 9.76. The standard InChI is InChI=1S/C15H19N3O2/c1-20-11-7-8-12-13(9-11)18-14(17-12)15(19)16-10-5-3-2-4-6-10/h7-10H,2-6H2,1H3,(H,16,19)(H,17,18). The van der Waals surface area contributed by atoms with Crippen molar-refractivity contribution in [3.05, 3.63) is 24.0 Å². The molecule has 1 aliphatic carbocycles. The summed E-state index contributed by atoms with van der Waals surface area (Å²) in [6.07, 6.45) is 5.81. The minimum Gasteiger partial charge on any atom is -0.497 e. The highest BCUT2D eigenvalue weighted by Gasteiger charge is 2.18. The van der Waals surface area contributed by atoms with Crippen LogP contribution in [0.2, 0.25) is 0 Å². The summed E-state index contributed by atoms with van der Waals surface area (Å²) in [5, 5.41) is 3.06. The Labute approximate surface area is 117 Å². The van der Waals surface area contributed by atoms with Crippen LogP contribution in [0.25, 0.3) is 11.0 Å². The van der Waals surface area contributed by atoms with E-state index in [0.717, 1.165) is 29.6 Å². The molecule has 1 aromatic carbocycles. The summed E-state index contributed by atoms with van der Waals surface area (Å²) in [5.41, 5.74) is 1.60. The molecule has 1 fully saturated rings. The van der Waals surface area contributed by atoms with Gasteiger partial charge in [0.15, 0.2) is 5.82 Å². The van der Waals surface area contributed by atoms with Crippen LogP contribution in [0.4, 0.5) is 0 Å². The monoisotopic (exact) mass is 273 g/mol. The van der Waals surface area contributed by atoms with Crippen molar-refractivity contribution in [3.63, 3.8) is 0 Å². The molecule has 20 heavy (non-hydrogen) atoms. The fourth-order valence-corrected chi connectivity index (χ4v) is 2.72. The van der Waals surface area contributed by atoms with Gasteiger partial charge in [0.25, 0.3) is 5.91 Å². The lowest BCUT2D eigenvalue weighted by Gasteiger charge is -2.22. The predicted octanol–water partition coefficient (Wildman–Crippen LogP) is 2.63. The Balaban J connectivity index is 1.77. The van der Waals surface area contributed by atoms with E-state index in [0.29, 0.717) is 11.9 Å². The van der Waals surface area contributed by atoms with Crippen LogP contribution in [0.3, 0.4) is 0 Å². The molecular formula is C15H19N3O2. The Bertz CT molecular complexity index is 615. The number of fused-ring (bicyclic) bond motifs is 1. The molecule has 0 bridgehead atoms. The number of nitrogens with zero attached hydrogens (tertiary/aromatic N) is 1. The maximum atomic E-state index is 12.2. The zero-order chi connectivity index (χ0) is 13.9. The quantitative estimate of drug-likeness (QED) is 0.903. The zero-order valence-electron chi connectivity index (χ0n) is 11.6. The SMILES string of the molecule is COc1ccc2[nH]c(C(=O)NC3CCCCC3)nc2c1. The second-order valence-corrected chi connectivity index (χ2v) is 5.28. The van der Waals surface area contributed by atoms with Crippen molar-refractivity contribution in [2.24, 2.45) is 0 Å². The molecule has 1 aromatic heterocycles. The maximum absolute atomic E-state index is 12.2. The number of hydrogen-bond donors (Lipinski definition) is 2. The van der Waals surface area contributed by atoms with E-state index < -0.39 is 0 Å². The molecule has 106 valence electrons. The number of hydrogen-bond acceptors (Lipinski definition) is 3. The van der Waals surface area contributed by atoms with Crippen molar-refractivity contribution in [1.29, 1.82) is 0 Å². The normalized spacial score (nSPS) is 16.2. The van der Waals surface area contributed by atoms with Gasteiger partial charge in [0.1, 0.15) is 5.75 Å². The fourth-order valence-electron chi connectivity index (χ4n) is 2.72. The van der Waals surface area contributed by atoms with Gasteiger partial charge in [0, 0.05) is 12.1 Å². The van der Waals surface area contributed by atoms with Crippen LogP contribution in [-0.2, 0) is 0 Å². The summed E-state index contributed by atoms with van der Waals surface area (Å²) in [4.78, 5) is 19.6. The van der Waals surface area contributed by atoms with E-state index in [2.05, 4.69) is 15.3 Å². The van der Waals surface area contributed by atoms with Crippen molar-refractivity contribution in [2.75, 3.05) is 7.11 Å². The lowest BCUT2D eigenvalue weighted by Crippen LogP contribution is -2.36. The second kappa shape index (κ2) is 5.53. The Morgan fingerprint density at radius 1 is 1.35 bits per heavy atom. The number of H-pyrrole nitrogens is 1. The average molecular weight is 273 g/mol. The number of aromatic amines is 1. The van der Waals surface area contributed by atoms with Gasteiger partial charge in [0.05, 0.1) is 18.1 Å². The van der Waals surface area contributed by atoms with Crippen LogP contribution in [0.1, 0.15) is 42.7 Å². The number of rotatable bonds is 3.